The number of esters is 1. The Balaban J connectivity index is 2.33. The molecule has 1 N–H and O–H groups in total. The number of hydrogen-bond donors (Lipinski definition) is 1. The van der Waals surface area contributed by atoms with E-state index in [4.69, 9.17) is 32.7 Å². The molecule has 0 saturated heterocycles. The van der Waals surface area contributed by atoms with E-state index in [1.54, 1.807) is 6.92 Å². The average Bonchev–Trinajstić information content (AvgIpc) is 2.62. The third-order valence-corrected chi connectivity index (χ3v) is 3.84. The quantitative estimate of drug-likeness (QED) is 0.354. The molecular formula is C16H12Cl2F3N3O5. The molecule has 0 spiro atoms. The van der Waals surface area contributed by atoms with Gasteiger partial charge in [-0.3, -0.25) is 14.9 Å². The second kappa shape index (κ2) is 9.14. The summed E-state index contributed by atoms with van der Waals surface area (Å²) in [5.74, 6) is -1.58. The molecule has 0 amide bonds. The molecule has 8 nitrogen and oxygen atoms in total. The van der Waals surface area contributed by atoms with Gasteiger partial charge in [0.05, 0.1) is 27.1 Å². The lowest BCUT2D eigenvalue weighted by molar-refractivity contribution is -0.384. The molecule has 13 heteroatoms. The van der Waals surface area contributed by atoms with Crippen molar-refractivity contribution in [3.8, 4) is 11.6 Å². The lowest BCUT2D eigenvalue weighted by Crippen LogP contribution is -2.18. The summed E-state index contributed by atoms with van der Waals surface area (Å²) in [6.07, 6.45) is -4.67. The van der Waals surface area contributed by atoms with Gasteiger partial charge in [0.15, 0.2) is 5.75 Å². The van der Waals surface area contributed by atoms with Crippen LogP contribution in [0.5, 0.6) is 11.6 Å². The number of aromatic nitrogens is 1. The van der Waals surface area contributed by atoms with Crippen molar-refractivity contribution in [2.75, 3.05) is 18.5 Å². The molecule has 2 rings (SSSR count). The Morgan fingerprint density at radius 3 is 2.41 bits per heavy atom. The molecule has 0 aliphatic carbocycles. The zero-order valence-corrected chi connectivity index (χ0v) is 16.1. The summed E-state index contributed by atoms with van der Waals surface area (Å²) in [7, 11) is 0. The average molecular weight is 454 g/mol. The highest BCUT2D eigenvalue weighted by molar-refractivity contribution is 6.37. The summed E-state index contributed by atoms with van der Waals surface area (Å²) >= 11 is 11.7. The molecule has 0 fully saturated rings. The predicted molar refractivity (Wildman–Crippen MR) is 97.6 cm³/mol. The smallest absolute Gasteiger partial charge is 0.416 e. The number of nitrogens with zero attached hydrogens (tertiary/aromatic N) is 2. The van der Waals surface area contributed by atoms with Gasteiger partial charge in [-0.15, -0.1) is 0 Å². The van der Waals surface area contributed by atoms with Gasteiger partial charge in [-0.05, 0) is 19.1 Å². The third kappa shape index (κ3) is 5.84. The Hall–Kier alpha value is -2.79. The van der Waals surface area contributed by atoms with Gasteiger partial charge >= 0.3 is 17.8 Å². The molecule has 0 radical (unpaired) electrons. The van der Waals surface area contributed by atoms with Gasteiger partial charge in [0, 0.05) is 12.1 Å². The van der Waals surface area contributed by atoms with Crippen molar-refractivity contribution < 1.29 is 32.4 Å². The second-order valence-corrected chi connectivity index (χ2v) is 6.12. The number of alkyl halides is 3. The van der Waals surface area contributed by atoms with Crippen LogP contribution in [0.3, 0.4) is 0 Å². The van der Waals surface area contributed by atoms with Crippen molar-refractivity contribution in [2.45, 2.75) is 13.1 Å². The number of ether oxygens (including phenoxy) is 2. The third-order valence-electron chi connectivity index (χ3n) is 3.28. The minimum atomic E-state index is -4.67. The van der Waals surface area contributed by atoms with Crippen LogP contribution in [0.25, 0.3) is 0 Å². The van der Waals surface area contributed by atoms with E-state index in [0.717, 1.165) is 12.1 Å². The lowest BCUT2D eigenvalue weighted by atomic mass is 10.2. The van der Waals surface area contributed by atoms with Crippen LogP contribution in [-0.2, 0) is 15.7 Å². The van der Waals surface area contributed by atoms with E-state index < -0.39 is 44.9 Å². The maximum Gasteiger partial charge on any atom is 0.416 e. The van der Waals surface area contributed by atoms with Gasteiger partial charge in [0.1, 0.15) is 6.54 Å². The Morgan fingerprint density at radius 1 is 1.28 bits per heavy atom. The fraction of sp³-hybridized carbons (Fsp3) is 0.250. The summed E-state index contributed by atoms with van der Waals surface area (Å²) in [4.78, 5) is 25.7. The number of carbonyl (C=O) groups is 1. The molecular weight excluding hydrogens is 442 g/mol. The molecule has 1 aromatic carbocycles. The zero-order chi connectivity index (χ0) is 21.8. The summed E-state index contributed by atoms with van der Waals surface area (Å²) in [6, 6.07) is 3.36. The number of nitrogens with one attached hydrogen (secondary N) is 1. The molecule has 29 heavy (non-hydrogen) atoms. The maximum absolute atomic E-state index is 12.8. The van der Waals surface area contributed by atoms with Crippen LogP contribution in [0, 0.1) is 10.1 Å². The van der Waals surface area contributed by atoms with E-state index in [2.05, 4.69) is 10.3 Å². The number of hydrogen-bond acceptors (Lipinski definition) is 7. The highest BCUT2D eigenvalue weighted by atomic mass is 35.5. The first-order valence-electron chi connectivity index (χ1n) is 7.82. The SMILES string of the molecule is CCOC(=O)CNc1nc(Oc2c(Cl)cc(C(F)(F)F)cc2Cl)ccc1[N+](=O)[O-]. The molecule has 156 valence electrons. The van der Waals surface area contributed by atoms with Gasteiger partial charge < -0.3 is 14.8 Å². The van der Waals surface area contributed by atoms with Crippen LogP contribution in [0.4, 0.5) is 24.7 Å². The molecule has 0 aliphatic rings. The topological polar surface area (TPSA) is 104 Å². The zero-order valence-electron chi connectivity index (χ0n) is 14.5. The number of halogens is 5. The molecule has 0 saturated carbocycles. The van der Waals surface area contributed by atoms with Crippen LogP contribution in [0.2, 0.25) is 10.0 Å². The molecule has 2 aromatic rings. The fourth-order valence-electron chi connectivity index (χ4n) is 2.06. The lowest BCUT2D eigenvalue weighted by Gasteiger charge is -2.13. The molecule has 0 unspecified atom stereocenters. The highest BCUT2D eigenvalue weighted by Crippen LogP contribution is 2.41. The summed E-state index contributed by atoms with van der Waals surface area (Å²) < 4.78 is 48.4. The van der Waals surface area contributed by atoms with E-state index in [9.17, 15) is 28.1 Å². The minimum absolute atomic E-state index is 0.115. The molecule has 0 atom stereocenters. The first-order valence-corrected chi connectivity index (χ1v) is 8.57. The maximum atomic E-state index is 12.8. The van der Waals surface area contributed by atoms with Crippen molar-refractivity contribution in [3.05, 3.63) is 50.0 Å². The van der Waals surface area contributed by atoms with Crippen LogP contribution in [0.15, 0.2) is 24.3 Å². The van der Waals surface area contributed by atoms with Crippen LogP contribution < -0.4 is 10.1 Å². The first-order chi connectivity index (χ1) is 13.5. The van der Waals surface area contributed by atoms with E-state index in [1.165, 1.54) is 0 Å². The number of pyridine rings is 1. The van der Waals surface area contributed by atoms with E-state index >= 15 is 0 Å². The summed E-state index contributed by atoms with van der Waals surface area (Å²) in [6.45, 7) is 1.29. The predicted octanol–water partition coefficient (Wildman–Crippen LogP) is 5.08. The van der Waals surface area contributed by atoms with Crippen molar-refractivity contribution >= 4 is 40.7 Å². The molecule has 0 aliphatic heterocycles. The fourth-order valence-corrected chi connectivity index (χ4v) is 2.63. The van der Waals surface area contributed by atoms with Crippen LogP contribution >= 0.6 is 23.2 Å². The van der Waals surface area contributed by atoms with E-state index in [-0.39, 0.29) is 24.1 Å². The number of nitro groups is 1. The normalized spacial score (nSPS) is 11.1. The van der Waals surface area contributed by atoms with Crippen molar-refractivity contribution in [3.63, 3.8) is 0 Å². The monoisotopic (exact) mass is 453 g/mol. The Bertz CT molecular complexity index is 917. The van der Waals surface area contributed by atoms with Crippen molar-refractivity contribution in [1.82, 2.24) is 4.98 Å². The van der Waals surface area contributed by atoms with Crippen molar-refractivity contribution in [1.29, 1.82) is 0 Å². The minimum Gasteiger partial charge on any atom is -0.465 e. The standard InChI is InChI=1S/C16H12Cl2F3N3O5/c1-2-28-13(25)7-22-15-11(24(26)27)3-4-12(23-15)29-14-9(17)5-8(6-10(14)18)16(19,20)21/h3-6H,2,7H2,1H3,(H,22,23). The number of rotatable bonds is 7. The number of benzene rings is 1. The van der Waals surface area contributed by atoms with E-state index in [0.29, 0.717) is 12.1 Å². The first kappa shape index (κ1) is 22.5. The van der Waals surface area contributed by atoms with Gasteiger partial charge in [-0.2, -0.15) is 18.2 Å². The number of anilines is 1. The van der Waals surface area contributed by atoms with Crippen LogP contribution in [-0.4, -0.2) is 29.0 Å². The van der Waals surface area contributed by atoms with Gasteiger partial charge in [0.2, 0.25) is 11.7 Å². The van der Waals surface area contributed by atoms with Gasteiger partial charge in [0.25, 0.3) is 0 Å². The second-order valence-electron chi connectivity index (χ2n) is 5.30. The van der Waals surface area contributed by atoms with Crippen LogP contribution in [0.1, 0.15) is 12.5 Å². The molecule has 0 bridgehead atoms. The van der Waals surface area contributed by atoms with Crippen molar-refractivity contribution in [2.24, 2.45) is 0 Å². The molecule has 1 heterocycles. The summed E-state index contributed by atoms with van der Waals surface area (Å²) in [5, 5.41) is 12.7. The number of carbonyl (C=O) groups excluding carboxylic acids is 1. The molecule has 1 aromatic heterocycles. The van der Waals surface area contributed by atoms with Gasteiger partial charge in [-0.1, -0.05) is 23.2 Å². The Morgan fingerprint density at radius 2 is 1.90 bits per heavy atom. The van der Waals surface area contributed by atoms with Gasteiger partial charge in [-0.25, -0.2) is 0 Å². The Labute approximate surface area is 171 Å². The summed E-state index contributed by atoms with van der Waals surface area (Å²) in [5.41, 5.74) is -1.54. The Kier molecular flexibility index (Phi) is 7.09. The van der Waals surface area contributed by atoms with E-state index in [1.807, 2.05) is 0 Å². The largest absolute Gasteiger partial charge is 0.465 e. The highest BCUT2D eigenvalue weighted by Gasteiger charge is 2.32.